The molecule has 2 heterocycles. The Morgan fingerprint density at radius 1 is 1.40 bits per heavy atom. The normalized spacial score (nSPS) is 12.8. The average molecular weight is 277 g/mol. The van der Waals surface area contributed by atoms with Crippen LogP contribution in [-0.4, -0.2) is 43.9 Å². The summed E-state index contributed by atoms with van der Waals surface area (Å²) in [6.07, 6.45) is 4.15. The summed E-state index contributed by atoms with van der Waals surface area (Å²) in [5, 5.41) is 21.6. The second-order valence-corrected chi connectivity index (χ2v) is 5.09. The zero-order valence-electron chi connectivity index (χ0n) is 12.2. The van der Waals surface area contributed by atoms with Crippen LogP contribution >= 0.6 is 0 Å². The molecule has 1 atom stereocenters. The third kappa shape index (κ3) is 4.47. The van der Waals surface area contributed by atoms with Crippen LogP contribution in [0.25, 0.3) is 0 Å². The van der Waals surface area contributed by atoms with Gasteiger partial charge in [-0.05, 0) is 38.9 Å². The zero-order valence-corrected chi connectivity index (χ0v) is 12.2. The maximum Gasteiger partial charge on any atom is 0.0860 e. The Morgan fingerprint density at radius 3 is 2.90 bits per heavy atom. The van der Waals surface area contributed by atoms with Gasteiger partial charge < -0.3 is 10.4 Å². The second kappa shape index (κ2) is 7.21. The van der Waals surface area contributed by atoms with Crippen LogP contribution in [0.15, 0.2) is 24.5 Å². The van der Waals surface area contributed by atoms with Crippen LogP contribution < -0.4 is 5.32 Å². The standard InChI is InChI=1S/C14H23N5O/c1-12-9-13(2)19(17-12)8-3-5-15-10-14(20)11-18-7-4-6-16-18/h4,6-7,9,14-15,20H,3,5,8,10-11H2,1-2H3. The van der Waals surface area contributed by atoms with Gasteiger partial charge in [-0.2, -0.15) is 10.2 Å². The minimum Gasteiger partial charge on any atom is -0.390 e. The smallest absolute Gasteiger partial charge is 0.0860 e. The van der Waals surface area contributed by atoms with Crippen molar-refractivity contribution in [2.75, 3.05) is 13.1 Å². The lowest BCUT2D eigenvalue weighted by Crippen LogP contribution is -2.31. The lowest BCUT2D eigenvalue weighted by Gasteiger charge is -2.12. The summed E-state index contributed by atoms with van der Waals surface area (Å²) in [5.74, 6) is 0. The molecule has 2 aromatic heterocycles. The van der Waals surface area contributed by atoms with Crippen LogP contribution in [0.1, 0.15) is 17.8 Å². The van der Waals surface area contributed by atoms with E-state index in [4.69, 9.17) is 0 Å². The van der Waals surface area contributed by atoms with E-state index in [2.05, 4.69) is 28.5 Å². The summed E-state index contributed by atoms with van der Waals surface area (Å²) < 4.78 is 3.76. The number of aliphatic hydroxyl groups is 1. The zero-order chi connectivity index (χ0) is 14.4. The van der Waals surface area contributed by atoms with Gasteiger partial charge in [0, 0.05) is 31.2 Å². The summed E-state index contributed by atoms with van der Waals surface area (Å²) >= 11 is 0. The quantitative estimate of drug-likeness (QED) is 0.698. The van der Waals surface area contributed by atoms with Crippen molar-refractivity contribution in [1.29, 1.82) is 0 Å². The van der Waals surface area contributed by atoms with Crippen LogP contribution in [0.5, 0.6) is 0 Å². The van der Waals surface area contributed by atoms with Crippen molar-refractivity contribution < 1.29 is 5.11 Å². The van der Waals surface area contributed by atoms with Gasteiger partial charge in [-0.3, -0.25) is 9.36 Å². The number of aryl methyl sites for hydroxylation is 3. The molecule has 0 aliphatic carbocycles. The number of nitrogens with one attached hydrogen (secondary N) is 1. The molecule has 0 aromatic carbocycles. The number of nitrogens with zero attached hydrogens (tertiary/aromatic N) is 4. The first-order valence-corrected chi connectivity index (χ1v) is 7.02. The molecule has 0 bridgehead atoms. The topological polar surface area (TPSA) is 67.9 Å². The highest BCUT2D eigenvalue weighted by molar-refractivity contribution is 5.06. The number of aliphatic hydroxyl groups excluding tert-OH is 1. The van der Waals surface area contributed by atoms with E-state index in [1.54, 1.807) is 10.9 Å². The number of hydrogen-bond acceptors (Lipinski definition) is 4. The summed E-state index contributed by atoms with van der Waals surface area (Å²) in [6, 6.07) is 3.94. The average Bonchev–Trinajstić information content (AvgIpc) is 2.99. The molecule has 2 aromatic rings. The molecule has 0 spiro atoms. The predicted molar refractivity (Wildman–Crippen MR) is 77.4 cm³/mol. The molecule has 0 aliphatic heterocycles. The van der Waals surface area contributed by atoms with Gasteiger partial charge in [0.25, 0.3) is 0 Å². The van der Waals surface area contributed by atoms with E-state index in [9.17, 15) is 5.11 Å². The third-order valence-corrected chi connectivity index (χ3v) is 3.16. The first kappa shape index (κ1) is 14.7. The third-order valence-electron chi connectivity index (χ3n) is 3.16. The van der Waals surface area contributed by atoms with E-state index in [1.807, 2.05) is 23.9 Å². The van der Waals surface area contributed by atoms with Gasteiger partial charge in [0.1, 0.15) is 0 Å². The molecule has 1 unspecified atom stereocenters. The van der Waals surface area contributed by atoms with Crippen LogP contribution in [0, 0.1) is 13.8 Å². The molecule has 20 heavy (non-hydrogen) atoms. The summed E-state index contributed by atoms with van der Waals surface area (Å²) in [7, 11) is 0. The molecule has 0 saturated carbocycles. The Hall–Kier alpha value is -1.66. The Balaban J connectivity index is 1.58. The first-order valence-electron chi connectivity index (χ1n) is 7.02. The fourth-order valence-electron chi connectivity index (χ4n) is 2.21. The Bertz CT molecular complexity index is 506. The largest absolute Gasteiger partial charge is 0.390 e. The van der Waals surface area contributed by atoms with Gasteiger partial charge in [0.05, 0.1) is 18.3 Å². The number of aromatic nitrogens is 4. The van der Waals surface area contributed by atoms with E-state index in [-0.39, 0.29) is 0 Å². The van der Waals surface area contributed by atoms with E-state index in [1.165, 1.54) is 5.69 Å². The fraction of sp³-hybridized carbons (Fsp3) is 0.571. The van der Waals surface area contributed by atoms with Crippen molar-refractivity contribution in [3.63, 3.8) is 0 Å². The van der Waals surface area contributed by atoms with E-state index >= 15 is 0 Å². The molecule has 2 N–H and O–H groups in total. The SMILES string of the molecule is Cc1cc(C)n(CCCNCC(O)Cn2cccn2)n1. The van der Waals surface area contributed by atoms with Crippen molar-refractivity contribution in [1.82, 2.24) is 24.9 Å². The van der Waals surface area contributed by atoms with Crippen LogP contribution in [-0.2, 0) is 13.1 Å². The van der Waals surface area contributed by atoms with Gasteiger partial charge in [-0.1, -0.05) is 0 Å². The van der Waals surface area contributed by atoms with E-state index in [0.717, 1.165) is 25.2 Å². The molecule has 0 radical (unpaired) electrons. The summed E-state index contributed by atoms with van der Waals surface area (Å²) in [6.45, 7) is 6.96. The molecule has 110 valence electrons. The second-order valence-electron chi connectivity index (χ2n) is 5.09. The molecule has 0 amide bonds. The van der Waals surface area contributed by atoms with Crippen LogP contribution in [0.2, 0.25) is 0 Å². The lowest BCUT2D eigenvalue weighted by atomic mass is 10.3. The molecule has 0 saturated heterocycles. The Labute approximate surface area is 119 Å². The molecule has 0 aliphatic rings. The summed E-state index contributed by atoms with van der Waals surface area (Å²) in [5.41, 5.74) is 2.26. The number of rotatable bonds is 8. The first-order chi connectivity index (χ1) is 9.65. The summed E-state index contributed by atoms with van der Waals surface area (Å²) in [4.78, 5) is 0. The van der Waals surface area contributed by atoms with Gasteiger partial charge in [-0.25, -0.2) is 0 Å². The minimum absolute atomic E-state index is 0.413. The molecular formula is C14H23N5O. The molecule has 6 nitrogen and oxygen atoms in total. The Morgan fingerprint density at radius 2 is 2.25 bits per heavy atom. The van der Waals surface area contributed by atoms with Crippen LogP contribution in [0.4, 0.5) is 0 Å². The van der Waals surface area contributed by atoms with Gasteiger partial charge in [0.2, 0.25) is 0 Å². The maximum atomic E-state index is 9.84. The Kier molecular flexibility index (Phi) is 5.31. The van der Waals surface area contributed by atoms with Crippen molar-refractivity contribution in [3.8, 4) is 0 Å². The van der Waals surface area contributed by atoms with Crippen molar-refractivity contribution >= 4 is 0 Å². The molecule has 6 heteroatoms. The van der Waals surface area contributed by atoms with Gasteiger partial charge in [-0.15, -0.1) is 0 Å². The highest BCUT2D eigenvalue weighted by Crippen LogP contribution is 2.02. The highest BCUT2D eigenvalue weighted by atomic mass is 16.3. The van der Waals surface area contributed by atoms with E-state index in [0.29, 0.717) is 13.1 Å². The van der Waals surface area contributed by atoms with Crippen molar-refractivity contribution in [2.24, 2.45) is 0 Å². The molecule has 0 fully saturated rings. The predicted octanol–water partition coefficient (Wildman–Crippen LogP) is 0.737. The minimum atomic E-state index is -0.413. The maximum absolute atomic E-state index is 9.84. The molecule has 2 rings (SSSR count). The van der Waals surface area contributed by atoms with Gasteiger partial charge in [0.15, 0.2) is 0 Å². The van der Waals surface area contributed by atoms with Crippen molar-refractivity contribution in [3.05, 3.63) is 35.9 Å². The fourth-order valence-corrected chi connectivity index (χ4v) is 2.21. The molecular weight excluding hydrogens is 254 g/mol. The highest BCUT2D eigenvalue weighted by Gasteiger charge is 2.05. The monoisotopic (exact) mass is 277 g/mol. The van der Waals surface area contributed by atoms with E-state index < -0.39 is 6.10 Å². The van der Waals surface area contributed by atoms with Crippen molar-refractivity contribution in [2.45, 2.75) is 39.5 Å². The van der Waals surface area contributed by atoms with Gasteiger partial charge >= 0.3 is 0 Å². The lowest BCUT2D eigenvalue weighted by molar-refractivity contribution is 0.147. The van der Waals surface area contributed by atoms with Crippen LogP contribution in [0.3, 0.4) is 0 Å². The number of hydrogen-bond donors (Lipinski definition) is 2.